The number of nitrogens with one attached hydrogen (secondary N) is 1. The van der Waals surface area contributed by atoms with Crippen molar-refractivity contribution in [3.8, 4) is 0 Å². The van der Waals surface area contributed by atoms with Crippen molar-refractivity contribution in [1.82, 2.24) is 4.72 Å². The first-order chi connectivity index (χ1) is 8.80. The van der Waals surface area contributed by atoms with Crippen molar-refractivity contribution in [2.24, 2.45) is 0 Å². The number of carboxylic acids is 1. The van der Waals surface area contributed by atoms with Crippen LogP contribution in [0.25, 0.3) is 0 Å². The normalized spacial score (nSPS) is 13.2. The summed E-state index contributed by atoms with van der Waals surface area (Å²) in [6.07, 6.45) is -1.83. The van der Waals surface area contributed by atoms with E-state index in [1.165, 1.54) is 12.1 Å². The smallest absolute Gasteiger partial charge is 0.332 e. The Morgan fingerprint density at radius 3 is 2.42 bits per heavy atom. The van der Waals surface area contributed by atoms with Crippen molar-refractivity contribution >= 4 is 16.0 Å². The fourth-order valence-electron chi connectivity index (χ4n) is 1.33. The molecule has 106 valence electrons. The third-order valence-corrected chi connectivity index (χ3v) is 3.65. The number of aliphatic carboxylic acids is 1. The van der Waals surface area contributed by atoms with Gasteiger partial charge in [0.05, 0.1) is 5.75 Å². The fraction of sp³-hybridized carbons (Fsp3) is 0.364. The maximum absolute atomic E-state index is 12.6. The number of rotatable bonds is 7. The Bertz CT molecular complexity index is 529. The topological polar surface area (TPSA) is 104 Å². The van der Waals surface area contributed by atoms with Crippen LogP contribution in [-0.2, 0) is 20.6 Å². The summed E-state index contributed by atoms with van der Waals surface area (Å²) in [6, 6.07) is 5.00. The minimum Gasteiger partial charge on any atom is -0.479 e. The molecular formula is C11H14FNO5S. The Morgan fingerprint density at radius 1 is 1.32 bits per heavy atom. The second-order valence-electron chi connectivity index (χ2n) is 3.92. The van der Waals surface area contributed by atoms with E-state index < -0.39 is 27.9 Å². The van der Waals surface area contributed by atoms with Crippen LogP contribution in [0.3, 0.4) is 0 Å². The average molecular weight is 291 g/mol. The molecule has 0 aliphatic rings. The standard InChI is InChI=1S/C11H14FNO5S/c12-9-3-1-8(2-4-9)7-19(17,18)13-6-5-10(14)11(15)16/h1-4,10,13-14H,5-7H2,(H,15,16). The molecule has 8 heteroatoms. The summed E-state index contributed by atoms with van der Waals surface area (Å²) < 4.78 is 38.0. The molecule has 1 rings (SSSR count). The zero-order valence-electron chi connectivity index (χ0n) is 9.91. The summed E-state index contributed by atoms with van der Waals surface area (Å²) in [5.74, 6) is -2.20. The van der Waals surface area contributed by atoms with Crippen LogP contribution in [0.2, 0.25) is 0 Å². The van der Waals surface area contributed by atoms with Crippen LogP contribution in [-0.4, -0.2) is 37.2 Å². The van der Waals surface area contributed by atoms with Crippen molar-refractivity contribution in [2.75, 3.05) is 6.54 Å². The van der Waals surface area contributed by atoms with Gasteiger partial charge in [0.15, 0.2) is 6.10 Å². The van der Waals surface area contributed by atoms with Crippen LogP contribution >= 0.6 is 0 Å². The number of halogens is 1. The molecule has 1 aromatic carbocycles. The second kappa shape index (κ2) is 6.60. The highest BCUT2D eigenvalue weighted by Crippen LogP contribution is 2.06. The molecule has 0 aromatic heterocycles. The highest BCUT2D eigenvalue weighted by atomic mass is 32.2. The molecule has 3 N–H and O–H groups in total. The van der Waals surface area contributed by atoms with Gasteiger partial charge in [0.2, 0.25) is 10.0 Å². The first kappa shape index (κ1) is 15.5. The van der Waals surface area contributed by atoms with Crippen LogP contribution in [0.1, 0.15) is 12.0 Å². The van der Waals surface area contributed by atoms with Gasteiger partial charge < -0.3 is 10.2 Å². The van der Waals surface area contributed by atoms with Gasteiger partial charge in [-0.25, -0.2) is 22.3 Å². The van der Waals surface area contributed by atoms with Crippen LogP contribution in [0.5, 0.6) is 0 Å². The summed E-state index contributed by atoms with van der Waals surface area (Å²) in [7, 11) is -3.65. The van der Waals surface area contributed by atoms with Gasteiger partial charge in [0.1, 0.15) is 5.82 Å². The zero-order chi connectivity index (χ0) is 14.5. The van der Waals surface area contributed by atoms with Crippen molar-refractivity contribution in [3.05, 3.63) is 35.6 Å². The van der Waals surface area contributed by atoms with E-state index in [0.717, 1.165) is 12.1 Å². The van der Waals surface area contributed by atoms with E-state index in [0.29, 0.717) is 5.56 Å². The largest absolute Gasteiger partial charge is 0.479 e. The summed E-state index contributed by atoms with van der Waals surface area (Å²) in [4.78, 5) is 10.3. The number of sulfonamides is 1. The van der Waals surface area contributed by atoms with Gasteiger partial charge in [-0.1, -0.05) is 12.1 Å². The molecule has 0 saturated carbocycles. The molecular weight excluding hydrogens is 277 g/mol. The zero-order valence-corrected chi connectivity index (χ0v) is 10.7. The Hall–Kier alpha value is -1.51. The molecule has 0 fully saturated rings. The number of aliphatic hydroxyl groups excluding tert-OH is 1. The van der Waals surface area contributed by atoms with Gasteiger partial charge in [-0.3, -0.25) is 0 Å². The Kier molecular flexibility index (Phi) is 5.40. The van der Waals surface area contributed by atoms with E-state index in [-0.39, 0.29) is 18.7 Å². The molecule has 1 unspecified atom stereocenters. The second-order valence-corrected chi connectivity index (χ2v) is 5.73. The van der Waals surface area contributed by atoms with Gasteiger partial charge in [-0.2, -0.15) is 0 Å². The molecule has 0 aliphatic heterocycles. The Balaban J connectivity index is 2.48. The monoisotopic (exact) mass is 291 g/mol. The van der Waals surface area contributed by atoms with Gasteiger partial charge >= 0.3 is 5.97 Å². The van der Waals surface area contributed by atoms with Gasteiger partial charge in [-0.15, -0.1) is 0 Å². The number of aliphatic hydroxyl groups is 1. The average Bonchev–Trinajstić information content (AvgIpc) is 2.31. The summed E-state index contributed by atoms with van der Waals surface area (Å²) in [5.41, 5.74) is 0.410. The summed E-state index contributed by atoms with van der Waals surface area (Å²) in [5, 5.41) is 17.4. The first-order valence-corrected chi connectivity index (χ1v) is 7.08. The summed E-state index contributed by atoms with van der Waals surface area (Å²) in [6.45, 7) is -0.184. The number of hydrogen-bond acceptors (Lipinski definition) is 4. The molecule has 0 bridgehead atoms. The lowest BCUT2D eigenvalue weighted by molar-refractivity contribution is -0.146. The summed E-state index contributed by atoms with van der Waals surface area (Å²) >= 11 is 0. The minimum atomic E-state index is -3.65. The maximum Gasteiger partial charge on any atom is 0.332 e. The predicted octanol–water partition coefficient (Wildman–Crippen LogP) is 0.0807. The molecule has 1 aromatic rings. The Labute approximate surface area is 109 Å². The highest BCUT2D eigenvalue weighted by Gasteiger charge is 2.15. The Morgan fingerprint density at radius 2 is 1.89 bits per heavy atom. The van der Waals surface area contributed by atoms with Gasteiger partial charge in [0, 0.05) is 6.54 Å². The number of carbonyl (C=O) groups is 1. The lowest BCUT2D eigenvalue weighted by Gasteiger charge is -2.08. The molecule has 0 radical (unpaired) electrons. The third-order valence-electron chi connectivity index (χ3n) is 2.29. The fourth-order valence-corrected chi connectivity index (χ4v) is 2.49. The van der Waals surface area contributed by atoms with Crippen molar-refractivity contribution in [3.63, 3.8) is 0 Å². The minimum absolute atomic E-state index is 0.184. The van der Waals surface area contributed by atoms with Crippen molar-refractivity contribution < 1.29 is 27.8 Å². The molecule has 0 aliphatic carbocycles. The van der Waals surface area contributed by atoms with Gasteiger partial charge in [0.25, 0.3) is 0 Å². The van der Waals surface area contributed by atoms with E-state index in [1.807, 2.05) is 0 Å². The van der Waals surface area contributed by atoms with Gasteiger partial charge in [-0.05, 0) is 24.1 Å². The number of hydrogen-bond donors (Lipinski definition) is 3. The van der Waals surface area contributed by atoms with E-state index in [2.05, 4.69) is 4.72 Å². The number of benzene rings is 1. The van der Waals surface area contributed by atoms with E-state index in [4.69, 9.17) is 10.2 Å². The predicted molar refractivity (Wildman–Crippen MR) is 65.3 cm³/mol. The third kappa shape index (κ3) is 5.77. The molecule has 6 nitrogen and oxygen atoms in total. The van der Waals surface area contributed by atoms with E-state index in [9.17, 15) is 17.6 Å². The number of carboxylic acid groups (broad SMARTS) is 1. The van der Waals surface area contributed by atoms with E-state index in [1.54, 1.807) is 0 Å². The quantitative estimate of drug-likeness (QED) is 0.660. The first-order valence-electron chi connectivity index (χ1n) is 5.43. The van der Waals surface area contributed by atoms with E-state index >= 15 is 0 Å². The molecule has 0 heterocycles. The van der Waals surface area contributed by atoms with Crippen LogP contribution < -0.4 is 4.72 Å². The van der Waals surface area contributed by atoms with Crippen LogP contribution in [0.4, 0.5) is 4.39 Å². The van der Waals surface area contributed by atoms with Crippen LogP contribution in [0.15, 0.2) is 24.3 Å². The molecule has 0 saturated heterocycles. The lowest BCUT2D eigenvalue weighted by atomic mass is 10.2. The highest BCUT2D eigenvalue weighted by molar-refractivity contribution is 7.88. The lowest BCUT2D eigenvalue weighted by Crippen LogP contribution is -2.30. The molecule has 0 spiro atoms. The molecule has 19 heavy (non-hydrogen) atoms. The SMILES string of the molecule is O=C(O)C(O)CCNS(=O)(=O)Cc1ccc(F)cc1. The van der Waals surface area contributed by atoms with Crippen LogP contribution in [0, 0.1) is 5.82 Å². The van der Waals surface area contributed by atoms with Crippen molar-refractivity contribution in [1.29, 1.82) is 0 Å². The molecule has 1 atom stereocenters. The molecule has 0 amide bonds. The van der Waals surface area contributed by atoms with Crippen molar-refractivity contribution in [2.45, 2.75) is 18.3 Å². The maximum atomic E-state index is 12.6.